The van der Waals surface area contributed by atoms with Crippen molar-refractivity contribution in [3.05, 3.63) is 146 Å². The molecule has 0 spiro atoms. The molecule has 8 aromatic carbocycles. The molecule has 0 saturated heterocycles. The molecule has 2 nitrogen and oxygen atoms in total. The van der Waals surface area contributed by atoms with Crippen molar-refractivity contribution in [1.29, 1.82) is 0 Å². The average molecular weight is 561 g/mol. The van der Waals surface area contributed by atoms with Crippen LogP contribution in [0.5, 0.6) is 0 Å². The van der Waals surface area contributed by atoms with E-state index >= 15 is 0 Å². The molecule has 2 heterocycles. The summed E-state index contributed by atoms with van der Waals surface area (Å²) in [6, 6.07) is 51.9. The summed E-state index contributed by atoms with van der Waals surface area (Å²) in [5.41, 5.74) is 8.48. The van der Waals surface area contributed by atoms with Crippen LogP contribution in [-0.4, -0.2) is 0 Å². The Morgan fingerprint density at radius 1 is 0.318 bits per heavy atom. The molecule has 0 aliphatic heterocycles. The van der Waals surface area contributed by atoms with Crippen molar-refractivity contribution >= 4 is 76.2 Å². The van der Waals surface area contributed by atoms with E-state index in [-0.39, 0.29) is 0 Å². The molecule has 0 saturated carbocycles. The number of furan rings is 2. The lowest BCUT2D eigenvalue weighted by atomic mass is 9.84. The third kappa shape index (κ3) is 3.20. The summed E-state index contributed by atoms with van der Waals surface area (Å²) in [7, 11) is 0. The van der Waals surface area contributed by atoms with E-state index in [4.69, 9.17) is 8.83 Å². The van der Waals surface area contributed by atoms with Gasteiger partial charge in [0, 0.05) is 21.5 Å². The Bertz CT molecular complexity index is 2720. The minimum absolute atomic E-state index is 0.906. The minimum atomic E-state index is 0.906. The van der Waals surface area contributed by atoms with E-state index in [2.05, 4.69) is 133 Å². The van der Waals surface area contributed by atoms with E-state index in [9.17, 15) is 0 Å². The highest BCUT2D eigenvalue weighted by molar-refractivity contribution is 6.28. The van der Waals surface area contributed by atoms with Crippen molar-refractivity contribution in [3.8, 4) is 22.3 Å². The first-order valence-corrected chi connectivity index (χ1v) is 15.0. The van der Waals surface area contributed by atoms with Crippen LogP contribution in [0.4, 0.5) is 0 Å². The fraction of sp³-hybridized carbons (Fsp3) is 0. The summed E-state index contributed by atoms with van der Waals surface area (Å²) < 4.78 is 12.7. The van der Waals surface area contributed by atoms with Crippen LogP contribution < -0.4 is 0 Å². The summed E-state index contributed by atoms with van der Waals surface area (Å²) in [4.78, 5) is 0. The van der Waals surface area contributed by atoms with Gasteiger partial charge >= 0.3 is 0 Å². The Morgan fingerprint density at radius 3 is 1.64 bits per heavy atom. The smallest absolute Gasteiger partial charge is 0.136 e. The SMILES string of the molecule is c1ccc2c(c1)ccc1oc3cccc(-c4c5ccccc5c(-c5ccc6oc7ccccc7c6c5)c5ccccc45)c3c12. The fourth-order valence-corrected chi connectivity index (χ4v) is 7.41. The normalized spacial score (nSPS) is 12.1. The minimum Gasteiger partial charge on any atom is -0.456 e. The van der Waals surface area contributed by atoms with Gasteiger partial charge < -0.3 is 8.83 Å². The van der Waals surface area contributed by atoms with Gasteiger partial charge in [0.15, 0.2) is 0 Å². The molecule has 0 aliphatic carbocycles. The highest BCUT2D eigenvalue weighted by Crippen LogP contribution is 2.48. The number of hydrogen-bond donors (Lipinski definition) is 0. The Hall–Kier alpha value is -5.86. The van der Waals surface area contributed by atoms with Crippen LogP contribution in [0.25, 0.3) is 98.4 Å². The second kappa shape index (κ2) is 8.82. The van der Waals surface area contributed by atoms with Crippen molar-refractivity contribution in [3.63, 3.8) is 0 Å². The van der Waals surface area contributed by atoms with Gasteiger partial charge in [-0.3, -0.25) is 0 Å². The van der Waals surface area contributed by atoms with Crippen LogP contribution >= 0.6 is 0 Å². The topological polar surface area (TPSA) is 26.3 Å². The molecule has 0 unspecified atom stereocenters. The summed E-state index contributed by atoms with van der Waals surface area (Å²) in [6.07, 6.45) is 0. The zero-order chi connectivity index (χ0) is 28.8. The molecule has 0 radical (unpaired) electrons. The molecule has 0 bridgehead atoms. The highest BCUT2D eigenvalue weighted by atomic mass is 16.3. The Labute approximate surface area is 252 Å². The Kier molecular flexibility index (Phi) is 4.75. The van der Waals surface area contributed by atoms with E-state index in [0.29, 0.717) is 0 Å². The monoisotopic (exact) mass is 560 g/mol. The van der Waals surface area contributed by atoms with Crippen molar-refractivity contribution in [2.45, 2.75) is 0 Å². The van der Waals surface area contributed by atoms with Gasteiger partial charge in [-0.05, 0) is 84.9 Å². The maximum absolute atomic E-state index is 6.50. The Balaban J connectivity index is 1.36. The molecule has 0 amide bonds. The second-order valence-corrected chi connectivity index (χ2v) is 11.6. The van der Waals surface area contributed by atoms with Crippen LogP contribution in [0, 0.1) is 0 Å². The molecular weight excluding hydrogens is 536 g/mol. The van der Waals surface area contributed by atoms with Crippen LogP contribution in [0.1, 0.15) is 0 Å². The Morgan fingerprint density at radius 2 is 0.864 bits per heavy atom. The molecule has 44 heavy (non-hydrogen) atoms. The first kappa shape index (κ1) is 23.7. The van der Waals surface area contributed by atoms with Gasteiger partial charge in [0.2, 0.25) is 0 Å². The summed E-state index contributed by atoms with van der Waals surface area (Å²) in [6.45, 7) is 0. The van der Waals surface area contributed by atoms with Gasteiger partial charge in [-0.15, -0.1) is 0 Å². The largest absolute Gasteiger partial charge is 0.456 e. The molecule has 10 aromatic rings. The molecule has 0 atom stereocenters. The third-order valence-electron chi connectivity index (χ3n) is 9.25. The lowest BCUT2D eigenvalue weighted by molar-refractivity contribution is 0.668. The predicted molar refractivity (Wildman–Crippen MR) is 184 cm³/mol. The van der Waals surface area contributed by atoms with Gasteiger partial charge in [0.25, 0.3) is 0 Å². The molecule has 0 N–H and O–H groups in total. The van der Waals surface area contributed by atoms with Gasteiger partial charge in [0.1, 0.15) is 22.3 Å². The lowest BCUT2D eigenvalue weighted by Gasteiger charge is -2.18. The van der Waals surface area contributed by atoms with Gasteiger partial charge in [-0.25, -0.2) is 0 Å². The number of rotatable bonds is 2. The van der Waals surface area contributed by atoms with E-state index in [1.807, 2.05) is 12.1 Å². The van der Waals surface area contributed by atoms with Crippen LogP contribution in [0.15, 0.2) is 154 Å². The summed E-state index contributed by atoms with van der Waals surface area (Å²) in [5, 5.41) is 11.9. The van der Waals surface area contributed by atoms with Crippen molar-refractivity contribution in [2.75, 3.05) is 0 Å². The molecular formula is C42H24O2. The van der Waals surface area contributed by atoms with Gasteiger partial charge in [0.05, 0.1) is 0 Å². The summed E-state index contributed by atoms with van der Waals surface area (Å²) in [5.74, 6) is 0. The lowest BCUT2D eigenvalue weighted by Crippen LogP contribution is -1.91. The number of fused-ring (bicyclic) bond motifs is 10. The summed E-state index contributed by atoms with van der Waals surface area (Å²) >= 11 is 0. The van der Waals surface area contributed by atoms with Gasteiger partial charge in [-0.2, -0.15) is 0 Å². The van der Waals surface area contributed by atoms with Crippen LogP contribution in [-0.2, 0) is 0 Å². The van der Waals surface area contributed by atoms with E-state index in [0.717, 1.165) is 38.5 Å². The highest BCUT2D eigenvalue weighted by Gasteiger charge is 2.21. The van der Waals surface area contributed by atoms with Crippen molar-refractivity contribution in [2.24, 2.45) is 0 Å². The maximum atomic E-state index is 6.50. The van der Waals surface area contributed by atoms with E-state index in [1.165, 1.54) is 60.0 Å². The van der Waals surface area contributed by atoms with E-state index < -0.39 is 0 Å². The number of hydrogen-bond acceptors (Lipinski definition) is 2. The maximum Gasteiger partial charge on any atom is 0.136 e. The standard InChI is InChI=1S/C42H24O2/c1-2-11-27-25(10-1)20-23-38-41(27)42-33(17-9-19-37(42)44-38)40-31-15-5-3-13-29(31)39(30-14-4-6-16-32(30)40)26-21-22-36-34(24-26)28-12-7-8-18-35(28)43-36/h1-24H. The number of para-hydroxylation sites is 1. The van der Waals surface area contributed by atoms with Crippen LogP contribution in [0.3, 0.4) is 0 Å². The van der Waals surface area contributed by atoms with Crippen LogP contribution in [0.2, 0.25) is 0 Å². The quantitative estimate of drug-likeness (QED) is 0.197. The van der Waals surface area contributed by atoms with Crippen molar-refractivity contribution < 1.29 is 8.83 Å². The predicted octanol–water partition coefficient (Wildman–Crippen LogP) is 12.3. The fourth-order valence-electron chi connectivity index (χ4n) is 7.41. The van der Waals surface area contributed by atoms with Crippen molar-refractivity contribution in [1.82, 2.24) is 0 Å². The average Bonchev–Trinajstić information content (AvgIpc) is 3.65. The molecule has 10 rings (SSSR count). The number of benzene rings is 8. The second-order valence-electron chi connectivity index (χ2n) is 11.6. The first-order valence-electron chi connectivity index (χ1n) is 15.0. The third-order valence-corrected chi connectivity index (χ3v) is 9.25. The zero-order valence-electron chi connectivity index (χ0n) is 23.7. The molecule has 0 fully saturated rings. The van der Waals surface area contributed by atoms with Gasteiger partial charge in [-0.1, -0.05) is 115 Å². The first-order chi connectivity index (χ1) is 21.8. The molecule has 2 heteroatoms. The molecule has 2 aromatic heterocycles. The van der Waals surface area contributed by atoms with E-state index in [1.54, 1.807) is 0 Å². The molecule has 0 aliphatic rings. The zero-order valence-corrected chi connectivity index (χ0v) is 23.7. The molecule has 204 valence electrons.